The van der Waals surface area contributed by atoms with Crippen LogP contribution in [0.15, 0.2) is 29.4 Å². The maximum atomic E-state index is 12.8. The van der Waals surface area contributed by atoms with E-state index in [1.54, 1.807) is 7.11 Å². The van der Waals surface area contributed by atoms with Crippen molar-refractivity contribution in [1.29, 1.82) is 0 Å². The maximum Gasteiger partial charge on any atom is 0.233 e. The number of hydrogen-bond donors (Lipinski definition) is 0. The molecule has 1 amide bonds. The van der Waals surface area contributed by atoms with Crippen molar-refractivity contribution in [3.63, 3.8) is 0 Å². The van der Waals surface area contributed by atoms with Crippen molar-refractivity contribution in [3.8, 4) is 17.1 Å². The van der Waals surface area contributed by atoms with E-state index in [1.807, 2.05) is 40.7 Å². The van der Waals surface area contributed by atoms with E-state index >= 15 is 0 Å². The molecule has 0 N–H and O–H groups in total. The lowest BCUT2D eigenvalue weighted by Crippen LogP contribution is -2.52. The summed E-state index contributed by atoms with van der Waals surface area (Å²) in [7, 11) is -1.26. The molecule has 1 aromatic carbocycles. The van der Waals surface area contributed by atoms with Crippen molar-refractivity contribution in [2.75, 3.05) is 50.5 Å². The molecule has 0 saturated carbocycles. The second-order valence-corrected chi connectivity index (χ2v) is 11.2. The molecule has 32 heavy (non-hydrogen) atoms. The highest BCUT2D eigenvalue weighted by molar-refractivity contribution is 7.99. The number of sulfone groups is 1. The van der Waals surface area contributed by atoms with E-state index in [9.17, 15) is 13.2 Å². The van der Waals surface area contributed by atoms with Crippen LogP contribution in [0.5, 0.6) is 5.75 Å². The van der Waals surface area contributed by atoms with Gasteiger partial charge in [0.2, 0.25) is 5.91 Å². The van der Waals surface area contributed by atoms with E-state index in [0.29, 0.717) is 37.0 Å². The number of methoxy groups -OCH3 is 1. The minimum atomic E-state index is -2.89. The minimum Gasteiger partial charge on any atom is -0.496 e. The monoisotopic (exact) mass is 479 g/mol. The Labute approximate surface area is 193 Å². The summed E-state index contributed by atoms with van der Waals surface area (Å²) in [6.07, 6.45) is 0.702. The fourth-order valence-electron chi connectivity index (χ4n) is 4.33. The second-order valence-electron chi connectivity index (χ2n) is 8.01. The summed E-state index contributed by atoms with van der Waals surface area (Å²) >= 11 is 1.39. The molecular weight excluding hydrogens is 450 g/mol. The zero-order valence-electron chi connectivity index (χ0n) is 18.4. The molecule has 0 radical (unpaired) electrons. The minimum absolute atomic E-state index is 0.0678. The van der Waals surface area contributed by atoms with Crippen LogP contribution in [0.1, 0.15) is 13.3 Å². The topological polar surface area (TPSA) is 97.6 Å². The first-order chi connectivity index (χ1) is 15.4. The summed E-state index contributed by atoms with van der Waals surface area (Å²) < 4.78 is 30.9. The molecule has 11 heteroatoms. The van der Waals surface area contributed by atoms with Gasteiger partial charge in [0, 0.05) is 38.8 Å². The van der Waals surface area contributed by atoms with Crippen molar-refractivity contribution in [2.24, 2.45) is 0 Å². The Balaban J connectivity index is 1.34. The van der Waals surface area contributed by atoms with Crippen LogP contribution in [-0.4, -0.2) is 95.5 Å². The highest BCUT2D eigenvalue weighted by Crippen LogP contribution is 2.31. The summed E-state index contributed by atoms with van der Waals surface area (Å²) in [5.74, 6) is 2.34. The first-order valence-electron chi connectivity index (χ1n) is 10.8. The van der Waals surface area contributed by atoms with Crippen molar-refractivity contribution in [2.45, 2.75) is 31.1 Å². The number of amides is 1. The number of benzene rings is 1. The number of piperazine rings is 1. The summed E-state index contributed by atoms with van der Waals surface area (Å²) in [4.78, 5) is 16.9. The van der Waals surface area contributed by atoms with Crippen molar-refractivity contribution in [3.05, 3.63) is 24.3 Å². The third kappa shape index (κ3) is 4.94. The first kappa shape index (κ1) is 23.1. The van der Waals surface area contributed by atoms with E-state index < -0.39 is 9.84 Å². The number of rotatable bonds is 7. The highest BCUT2D eigenvalue weighted by atomic mass is 32.2. The molecule has 4 rings (SSSR count). The van der Waals surface area contributed by atoms with Gasteiger partial charge in [0.05, 0.1) is 29.9 Å². The molecule has 2 aliphatic rings. The lowest BCUT2D eigenvalue weighted by atomic mass is 10.2. The Morgan fingerprint density at radius 1 is 1.19 bits per heavy atom. The number of para-hydroxylation sites is 1. The van der Waals surface area contributed by atoms with Gasteiger partial charge in [0.25, 0.3) is 0 Å². The Hall–Kier alpha value is -2.11. The van der Waals surface area contributed by atoms with Crippen LogP contribution in [0.25, 0.3) is 11.4 Å². The number of thioether (sulfide) groups is 1. The normalized spacial score (nSPS) is 21.1. The molecule has 3 heterocycles. The van der Waals surface area contributed by atoms with E-state index in [0.717, 1.165) is 30.2 Å². The Bertz CT molecular complexity index is 1060. The molecular formula is C21H29N5O4S2. The lowest BCUT2D eigenvalue weighted by molar-refractivity contribution is -0.130. The number of aromatic nitrogens is 3. The Morgan fingerprint density at radius 2 is 1.94 bits per heavy atom. The van der Waals surface area contributed by atoms with Gasteiger partial charge >= 0.3 is 0 Å². The maximum absolute atomic E-state index is 12.8. The van der Waals surface area contributed by atoms with Crippen LogP contribution in [-0.2, 0) is 21.2 Å². The van der Waals surface area contributed by atoms with Crippen LogP contribution in [0.2, 0.25) is 0 Å². The number of nitrogens with zero attached hydrogens (tertiary/aromatic N) is 5. The predicted molar refractivity (Wildman–Crippen MR) is 124 cm³/mol. The smallest absolute Gasteiger partial charge is 0.233 e. The van der Waals surface area contributed by atoms with Gasteiger partial charge in [-0.05, 0) is 25.5 Å². The van der Waals surface area contributed by atoms with Crippen LogP contribution in [0, 0.1) is 0 Å². The average Bonchev–Trinajstić information content (AvgIpc) is 3.39. The molecule has 2 aromatic rings. The summed E-state index contributed by atoms with van der Waals surface area (Å²) in [6, 6.07) is 7.78. The standard InChI is InChI=1S/C21H29N5O4S2/c1-3-26-20(17-6-4-5-7-18(17)30-2)22-23-21(26)31-14-19(27)25-11-9-24(10-12-25)16-8-13-32(28,29)15-16/h4-7,16H,3,8-15H2,1-2H3. The van der Waals surface area contributed by atoms with E-state index in [2.05, 4.69) is 15.1 Å². The number of hydrogen-bond acceptors (Lipinski definition) is 8. The first-order valence-corrected chi connectivity index (χ1v) is 13.6. The molecule has 2 fully saturated rings. The van der Waals surface area contributed by atoms with Gasteiger partial charge in [0.1, 0.15) is 5.75 Å². The fourth-order valence-corrected chi connectivity index (χ4v) is 6.99. The SMILES string of the molecule is CCn1c(SCC(=O)N2CCN(C3CCS(=O)(=O)C3)CC2)nnc1-c1ccccc1OC. The van der Waals surface area contributed by atoms with Crippen LogP contribution < -0.4 is 4.74 Å². The lowest BCUT2D eigenvalue weighted by Gasteiger charge is -2.37. The summed E-state index contributed by atoms with van der Waals surface area (Å²) in [5.41, 5.74) is 0.868. The van der Waals surface area contributed by atoms with E-state index in [4.69, 9.17) is 4.74 Å². The highest BCUT2D eigenvalue weighted by Gasteiger charge is 2.34. The molecule has 0 bridgehead atoms. The quantitative estimate of drug-likeness (QED) is 0.550. The molecule has 1 aromatic heterocycles. The largest absolute Gasteiger partial charge is 0.496 e. The fraction of sp³-hybridized carbons (Fsp3) is 0.571. The van der Waals surface area contributed by atoms with Crippen molar-refractivity contribution in [1.82, 2.24) is 24.6 Å². The molecule has 1 atom stereocenters. The molecule has 9 nitrogen and oxygen atoms in total. The Kier molecular flexibility index (Phi) is 7.06. The van der Waals surface area contributed by atoms with E-state index in [1.165, 1.54) is 11.8 Å². The summed E-state index contributed by atoms with van der Waals surface area (Å²) in [6.45, 7) is 5.40. The molecule has 0 aliphatic carbocycles. The van der Waals surface area contributed by atoms with Gasteiger partial charge in [-0.2, -0.15) is 0 Å². The molecule has 1 unspecified atom stereocenters. The van der Waals surface area contributed by atoms with Gasteiger partial charge in [-0.25, -0.2) is 8.42 Å². The Morgan fingerprint density at radius 3 is 2.59 bits per heavy atom. The number of carbonyl (C=O) groups is 1. The molecule has 0 spiro atoms. The molecule has 174 valence electrons. The average molecular weight is 480 g/mol. The zero-order chi connectivity index (χ0) is 22.7. The number of carbonyl (C=O) groups excluding carboxylic acids is 1. The van der Waals surface area contributed by atoms with Gasteiger partial charge in [-0.3, -0.25) is 9.69 Å². The van der Waals surface area contributed by atoms with Gasteiger partial charge < -0.3 is 14.2 Å². The van der Waals surface area contributed by atoms with Crippen molar-refractivity contribution >= 4 is 27.5 Å². The van der Waals surface area contributed by atoms with Crippen LogP contribution >= 0.6 is 11.8 Å². The molecule has 2 aliphatic heterocycles. The van der Waals surface area contributed by atoms with Gasteiger partial charge in [-0.15, -0.1) is 10.2 Å². The third-order valence-electron chi connectivity index (χ3n) is 6.10. The zero-order valence-corrected chi connectivity index (χ0v) is 20.1. The van der Waals surface area contributed by atoms with Crippen LogP contribution in [0.4, 0.5) is 0 Å². The third-order valence-corrected chi connectivity index (χ3v) is 8.80. The summed E-state index contributed by atoms with van der Waals surface area (Å²) in [5, 5.41) is 9.38. The van der Waals surface area contributed by atoms with Gasteiger partial charge in [0.15, 0.2) is 20.8 Å². The molecule has 2 saturated heterocycles. The van der Waals surface area contributed by atoms with E-state index in [-0.39, 0.29) is 23.5 Å². The van der Waals surface area contributed by atoms with Crippen molar-refractivity contribution < 1.29 is 17.9 Å². The van der Waals surface area contributed by atoms with Gasteiger partial charge in [-0.1, -0.05) is 23.9 Å². The second kappa shape index (κ2) is 9.80. The number of ether oxygens (including phenoxy) is 1. The predicted octanol–water partition coefficient (Wildman–Crippen LogP) is 1.40. The van der Waals surface area contributed by atoms with Crippen LogP contribution in [0.3, 0.4) is 0 Å².